The molecule has 1 heterocycles. The molecular formula is C21H15N3O2. The highest BCUT2D eigenvalue weighted by atomic mass is 16.3. The fourth-order valence-electron chi connectivity index (χ4n) is 2.73. The quantitative estimate of drug-likeness (QED) is 0.450. The van der Waals surface area contributed by atoms with Crippen molar-refractivity contribution in [1.29, 1.82) is 0 Å². The van der Waals surface area contributed by atoms with Gasteiger partial charge in [0, 0.05) is 0 Å². The van der Waals surface area contributed by atoms with E-state index in [1.165, 1.54) is 12.1 Å². The summed E-state index contributed by atoms with van der Waals surface area (Å²) in [6.07, 6.45) is 3.17. The van der Waals surface area contributed by atoms with Crippen molar-refractivity contribution in [2.75, 3.05) is 0 Å². The molecule has 3 aromatic carbocycles. The second-order valence-corrected chi connectivity index (χ2v) is 5.80. The van der Waals surface area contributed by atoms with Crippen LogP contribution in [0.3, 0.4) is 0 Å². The highest BCUT2D eigenvalue weighted by Gasteiger charge is 2.07. The maximum Gasteiger partial charge on any atom is 0.189 e. The number of phenolic OH excluding ortho intramolecular Hbond substituents is 1. The smallest absolute Gasteiger partial charge is 0.189 e. The third-order valence-corrected chi connectivity index (χ3v) is 4.09. The second kappa shape index (κ2) is 6.64. The minimum atomic E-state index is -0.241. The molecule has 0 saturated heterocycles. The first-order chi connectivity index (χ1) is 12.7. The van der Waals surface area contributed by atoms with Crippen LogP contribution in [0.25, 0.3) is 22.8 Å². The third kappa shape index (κ3) is 2.98. The van der Waals surface area contributed by atoms with Crippen LogP contribution in [0.2, 0.25) is 0 Å². The molecule has 0 atom stereocenters. The van der Waals surface area contributed by atoms with E-state index in [-0.39, 0.29) is 17.1 Å². The van der Waals surface area contributed by atoms with Crippen molar-refractivity contribution in [3.8, 4) is 11.4 Å². The van der Waals surface area contributed by atoms with Crippen LogP contribution in [0.1, 0.15) is 15.9 Å². The molecule has 126 valence electrons. The molecule has 4 rings (SSSR count). The van der Waals surface area contributed by atoms with Crippen LogP contribution in [0.15, 0.2) is 78.9 Å². The summed E-state index contributed by atoms with van der Waals surface area (Å²) in [5.41, 5.74) is 3.83. The molecule has 1 N–H and O–H groups in total. The fraction of sp³-hybridized carbons (Fsp3) is 0. The maximum absolute atomic E-state index is 12.2. The molecule has 5 heteroatoms. The number of hydrogen-bond donors (Lipinski definition) is 1. The first-order valence-corrected chi connectivity index (χ1v) is 8.14. The van der Waals surface area contributed by atoms with Crippen molar-refractivity contribution >= 4 is 22.9 Å². The molecule has 5 nitrogen and oxygen atoms in total. The summed E-state index contributed by atoms with van der Waals surface area (Å²) in [6, 6.07) is 21.9. The minimum Gasteiger partial charge on any atom is -0.507 e. The second-order valence-electron chi connectivity index (χ2n) is 5.80. The summed E-state index contributed by atoms with van der Waals surface area (Å²) in [5.74, 6) is -0.259. The molecule has 1 aromatic heterocycles. The lowest BCUT2D eigenvalue weighted by molar-refractivity contribution is 0.104. The van der Waals surface area contributed by atoms with Gasteiger partial charge in [0.05, 0.1) is 16.8 Å². The number of ketones is 1. The number of fused-ring (bicyclic) bond motifs is 1. The summed E-state index contributed by atoms with van der Waals surface area (Å²) >= 11 is 0. The Bertz CT molecular complexity index is 1110. The van der Waals surface area contributed by atoms with Gasteiger partial charge in [-0.15, -0.1) is 5.10 Å². The average molecular weight is 341 g/mol. The molecule has 0 aliphatic carbocycles. The highest BCUT2D eigenvalue weighted by molar-refractivity contribution is 6.08. The Labute approximate surface area is 149 Å². The van der Waals surface area contributed by atoms with Crippen molar-refractivity contribution in [2.45, 2.75) is 0 Å². The van der Waals surface area contributed by atoms with E-state index in [1.54, 1.807) is 29.0 Å². The summed E-state index contributed by atoms with van der Waals surface area (Å²) < 4.78 is 1.77. The van der Waals surface area contributed by atoms with E-state index < -0.39 is 0 Å². The average Bonchev–Trinajstić information content (AvgIpc) is 3.11. The molecule has 0 bridgehead atoms. The molecule has 0 aliphatic rings. The Morgan fingerprint density at radius 1 is 0.923 bits per heavy atom. The van der Waals surface area contributed by atoms with E-state index in [0.717, 1.165) is 22.3 Å². The van der Waals surface area contributed by atoms with Gasteiger partial charge in [-0.3, -0.25) is 4.79 Å². The largest absolute Gasteiger partial charge is 0.507 e. The molecule has 4 aromatic rings. The van der Waals surface area contributed by atoms with Gasteiger partial charge in [-0.1, -0.05) is 47.7 Å². The Balaban J connectivity index is 1.57. The van der Waals surface area contributed by atoms with Crippen molar-refractivity contribution < 1.29 is 9.90 Å². The first kappa shape index (κ1) is 15.8. The number of para-hydroxylation sites is 2. The van der Waals surface area contributed by atoms with E-state index in [1.807, 2.05) is 48.5 Å². The number of hydrogen-bond acceptors (Lipinski definition) is 4. The van der Waals surface area contributed by atoms with Crippen LogP contribution in [-0.2, 0) is 0 Å². The lowest BCUT2D eigenvalue weighted by Crippen LogP contribution is -1.96. The zero-order valence-electron chi connectivity index (χ0n) is 13.8. The van der Waals surface area contributed by atoms with Crippen LogP contribution in [0.5, 0.6) is 5.75 Å². The van der Waals surface area contributed by atoms with E-state index >= 15 is 0 Å². The topological polar surface area (TPSA) is 68.0 Å². The highest BCUT2D eigenvalue weighted by Crippen LogP contribution is 2.19. The predicted molar refractivity (Wildman–Crippen MR) is 100 cm³/mol. The molecular weight excluding hydrogens is 326 g/mol. The number of carbonyl (C=O) groups excluding carboxylic acids is 1. The molecule has 0 amide bonds. The van der Waals surface area contributed by atoms with Gasteiger partial charge in [-0.25, -0.2) is 4.68 Å². The normalized spacial score (nSPS) is 11.2. The SMILES string of the molecule is O=C(/C=C/c1ccc(-n2nnc3ccccc32)cc1)c1ccccc1O. The number of allylic oxidation sites excluding steroid dienone is 1. The molecule has 0 saturated carbocycles. The van der Waals surface area contributed by atoms with Crippen LogP contribution in [-0.4, -0.2) is 25.9 Å². The van der Waals surface area contributed by atoms with Gasteiger partial charge < -0.3 is 5.11 Å². The Hall–Kier alpha value is -3.73. The van der Waals surface area contributed by atoms with Crippen molar-refractivity contribution in [3.05, 3.63) is 90.0 Å². The fourth-order valence-corrected chi connectivity index (χ4v) is 2.73. The number of aromatic hydroxyl groups is 1. The monoisotopic (exact) mass is 341 g/mol. The van der Waals surface area contributed by atoms with Crippen LogP contribution >= 0.6 is 0 Å². The number of rotatable bonds is 4. The Kier molecular flexibility index (Phi) is 4.03. The van der Waals surface area contributed by atoms with Gasteiger partial charge in [0.1, 0.15) is 11.3 Å². The number of benzene rings is 3. The number of carbonyl (C=O) groups is 1. The molecule has 0 radical (unpaired) electrons. The summed E-state index contributed by atoms with van der Waals surface area (Å²) in [6.45, 7) is 0. The van der Waals surface area contributed by atoms with Crippen molar-refractivity contribution in [2.24, 2.45) is 0 Å². The van der Waals surface area contributed by atoms with Gasteiger partial charge in [-0.05, 0) is 48.0 Å². The minimum absolute atomic E-state index is 0.0180. The van der Waals surface area contributed by atoms with E-state index in [4.69, 9.17) is 0 Å². The van der Waals surface area contributed by atoms with E-state index in [9.17, 15) is 9.90 Å². The van der Waals surface area contributed by atoms with Gasteiger partial charge in [0.25, 0.3) is 0 Å². The van der Waals surface area contributed by atoms with Crippen molar-refractivity contribution in [1.82, 2.24) is 15.0 Å². The Morgan fingerprint density at radius 3 is 2.46 bits per heavy atom. The number of nitrogens with zero attached hydrogens (tertiary/aromatic N) is 3. The summed E-state index contributed by atoms with van der Waals surface area (Å²) in [5, 5.41) is 18.1. The number of aromatic nitrogens is 3. The molecule has 0 spiro atoms. The van der Waals surface area contributed by atoms with Gasteiger partial charge in [-0.2, -0.15) is 0 Å². The molecule has 26 heavy (non-hydrogen) atoms. The Morgan fingerprint density at radius 2 is 1.65 bits per heavy atom. The molecule has 0 aliphatic heterocycles. The van der Waals surface area contributed by atoms with Crippen LogP contribution in [0.4, 0.5) is 0 Å². The van der Waals surface area contributed by atoms with E-state index in [2.05, 4.69) is 10.3 Å². The van der Waals surface area contributed by atoms with E-state index in [0.29, 0.717) is 0 Å². The molecule has 0 unspecified atom stereocenters. The third-order valence-electron chi connectivity index (χ3n) is 4.09. The zero-order valence-corrected chi connectivity index (χ0v) is 13.8. The first-order valence-electron chi connectivity index (χ1n) is 8.14. The van der Waals surface area contributed by atoms with Crippen LogP contribution in [0, 0.1) is 0 Å². The summed E-state index contributed by atoms with van der Waals surface area (Å²) in [7, 11) is 0. The lowest BCUT2D eigenvalue weighted by Gasteiger charge is -2.03. The van der Waals surface area contributed by atoms with Gasteiger partial charge in [0.2, 0.25) is 0 Å². The molecule has 0 fully saturated rings. The maximum atomic E-state index is 12.2. The zero-order chi connectivity index (χ0) is 17.9. The van der Waals surface area contributed by atoms with Gasteiger partial charge >= 0.3 is 0 Å². The summed E-state index contributed by atoms with van der Waals surface area (Å²) in [4.78, 5) is 12.2. The predicted octanol–water partition coefficient (Wildman–Crippen LogP) is 4.02. The number of phenols is 1. The lowest BCUT2D eigenvalue weighted by atomic mass is 10.1. The van der Waals surface area contributed by atoms with Gasteiger partial charge in [0.15, 0.2) is 5.78 Å². The standard InChI is InChI=1S/C21H15N3O2/c25-20-8-4-1-5-17(20)21(26)14-11-15-9-12-16(13-10-15)24-19-7-3-2-6-18(19)22-23-24/h1-14,25H/b14-11+. The van der Waals surface area contributed by atoms with Crippen molar-refractivity contribution in [3.63, 3.8) is 0 Å². The van der Waals surface area contributed by atoms with Crippen LogP contribution < -0.4 is 0 Å².